The zero-order chi connectivity index (χ0) is 19.8. The second-order valence-corrected chi connectivity index (χ2v) is 10.0. The minimum atomic E-state index is -4.39. The number of nitrogens with one attached hydrogen (secondary N) is 1. The van der Waals surface area contributed by atoms with E-state index >= 15 is 0 Å². The molecule has 3 rings (SSSR count). The Balaban J connectivity index is 2.27. The Labute approximate surface area is 157 Å². The summed E-state index contributed by atoms with van der Waals surface area (Å²) < 4.78 is 49.1. The average molecular weight is 416 g/mol. The van der Waals surface area contributed by atoms with Crippen LogP contribution < -0.4 is 15.8 Å². The van der Waals surface area contributed by atoms with E-state index in [0.717, 1.165) is 19.1 Å². The molecule has 1 aromatic heterocycles. The maximum atomic E-state index is 12.3. The number of sulfone groups is 1. The van der Waals surface area contributed by atoms with E-state index in [2.05, 4.69) is 20.6 Å². The maximum Gasteiger partial charge on any atom is 0.240 e. The van der Waals surface area contributed by atoms with Crippen molar-refractivity contribution >= 4 is 25.5 Å². The molecule has 1 aromatic carbocycles. The standard InChI is InChI=1S/C14H21N7O4S2/c1-26(22,23)11-3-2-10(21-6-4-9(8-15)5-7-21)12(13(11)27(16,24)25)14-17-19-20-18-14/h2-3,9H,4-8,15H2,1H3,(H2,16,24,25)(H,17,18,19,20). The van der Waals surface area contributed by atoms with E-state index in [9.17, 15) is 16.8 Å². The normalized spacial score (nSPS) is 16.6. The first-order chi connectivity index (χ1) is 12.6. The van der Waals surface area contributed by atoms with Crippen LogP contribution in [0.2, 0.25) is 0 Å². The van der Waals surface area contributed by atoms with Crippen LogP contribution in [0, 0.1) is 5.92 Å². The zero-order valence-electron chi connectivity index (χ0n) is 14.7. The molecule has 1 aliphatic rings. The molecular formula is C14H21N7O4S2. The summed E-state index contributed by atoms with van der Waals surface area (Å²) in [5.41, 5.74) is 6.28. The van der Waals surface area contributed by atoms with Crippen molar-refractivity contribution in [1.29, 1.82) is 0 Å². The number of rotatable bonds is 5. The van der Waals surface area contributed by atoms with Gasteiger partial charge in [0.2, 0.25) is 10.0 Å². The van der Waals surface area contributed by atoms with Gasteiger partial charge in [-0.25, -0.2) is 27.1 Å². The van der Waals surface area contributed by atoms with Crippen LogP contribution in [-0.2, 0) is 19.9 Å². The number of tetrazole rings is 1. The van der Waals surface area contributed by atoms with E-state index in [1.54, 1.807) is 6.07 Å². The van der Waals surface area contributed by atoms with Crippen LogP contribution in [0.1, 0.15) is 12.8 Å². The van der Waals surface area contributed by atoms with Crippen molar-refractivity contribution < 1.29 is 16.8 Å². The van der Waals surface area contributed by atoms with Gasteiger partial charge >= 0.3 is 0 Å². The number of hydrogen-bond acceptors (Lipinski definition) is 9. The highest BCUT2D eigenvalue weighted by Gasteiger charge is 2.32. The fraction of sp³-hybridized carbons (Fsp3) is 0.500. The zero-order valence-corrected chi connectivity index (χ0v) is 16.3. The Hall–Kier alpha value is -2.09. The summed E-state index contributed by atoms with van der Waals surface area (Å²) in [4.78, 5) is 1.06. The fourth-order valence-corrected chi connectivity index (χ4v) is 5.69. The number of hydrogen-bond donors (Lipinski definition) is 3. The Morgan fingerprint density at radius 1 is 1.22 bits per heavy atom. The van der Waals surface area contributed by atoms with Gasteiger partial charge in [-0.15, -0.1) is 5.10 Å². The minimum absolute atomic E-state index is 0.0282. The molecule has 1 saturated heterocycles. The van der Waals surface area contributed by atoms with E-state index < -0.39 is 29.7 Å². The molecule has 0 radical (unpaired) electrons. The Kier molecular flexibility index (Phi) is 5.20. The number of primary sulfonamides is 1. The number of nitrogens with zero attached hydrogens (tertiary/aromatic N) is 4. The van der Waals surface area contributed by atoms with Gasteiger partial charge in [-0.1, -0.05) is 0 Å². The van der Waals surface area contributed by atoms with Crippen LogP contribution in [0.15, 0.2) is 21.9 Å². The van der Waals surface area contributed by atoms with E-state index in [1.165, 1.54) is 6.07 Å². The third kappa shape index (κ3) is 3.95. The Bertz CT molecular complexity index is 1030. The van der Waals surface area contributed by atoms with Gasteiger partial charge < -0.3 is 10.6 Å². The smallest absolute Gasteiger partial charge is 0.240 e. The van der Waals surface area contributed by atoms with E-state index in [-0.39, 0.29) is 11.4 Å². The molecule has 0 amide bonds. The molecule has 0 atom stereocenters. The minimum Gasteiger partial charge on any atom is -0.371 e. The van der Waals surface area contributed by atoms with Crippen molar-refractivity contribution in [2.24, 2.45) is 16.8 Å². The molecule has 2 aromatic rings. The lowest BCUT2D eigenvalue weighted by atomic mass is 9.96. The summed E-state index contributed by atoms with van der Waals surface area (Å²) in [6.07, 6.45) is 2.60. The molecule has 11 nitrogen and oxygen atoms in total. The molecule has 0 saturated carbocycles. The number of sulfonamides is 1. The molecule has 0 unspecified atom stereocenters. The lowest BCUT2D eigenvalue weighted by Crippen LogP contribution is -2.36. The third-order valence-corrected chi connectivity index (χ3v) is 6.92. The van der Waals surface area contributed by atoms with Crippen molar-refractivity contribution in [3.63, 3.8) is 0 Å². The molecule has 1 fully saturated rings. The summed E-state index contributed by atoms with van der Waals surface area (Å²) in [7, 11) is -8.26. The summed E-state index contributed by atoms with van der Waals surface area (Å²) in [5.74, 6) is 0.421. The van der Waals surface area contributed by atoms with Crippen LogP contribution >= 0.6 is 0 Å². The lowest BCUT2D eigenvalue weighted by Gasteiger charge is -2.34. The largest absolute Gasteiger partial charge is 0.371 e. The highest BCUT2D eigenvalue weighted by molar-refractivity contribution is 7.93. The van der Waals surface area contributed by atoms with Gasteiger partial charge in [0.25, 0.3) is 0 Å². The van der Waals surface area contributed by atoms with Crippen LogP contribution in [0.5, 0.6) is 0 Å². The summed E-state index contributed by atoms with van der Waals surface area (Å²) in [6.45, 7) is 1.86. The molecule has 27 heavy (non-hydrogen) atoms. The van der Waals surface area contributed by atoms with Crippen molar-refractivity contribution in [2.75, 3.05) is 30.8 Å². The Morgan fingerprint density at radius 2 is 1.89 bits per heavy atom. The number of anilines is 1. The van der Waals surface area contributed by atoms with E-state index in [1.807, 2.05) is 4.90 Å². The van der Waals surface area contributed by atoms with Gasteiger partial charge in [0.05, 0.1) is 10.5 Å². The first kappa shape index (κ1) is 19.7. The summed E-state index contributed by atoms with van der Waals surface area (Å²) in [5, 5.41) is 18.7. The summed E-state index contributed by atoms with van der Waals surface area (Å²) in [6, 6.07) is 2.82. The second-order valence-electron chi connectivity index (χ2n) is 6.52. The highest BCUT2D eigenvalue weighted by Crippen LogP contribution is 2.39. The third-order valence-electron chi connectivity index (χ3n) is 4.65. The average Bonchev–Trinajstić information content (AvgIpc) is 3.13. The number of aromatic amines is 1. The van der Waals surface area contributed by atoms with Crippen molar-refractivity contribution in [1.82, 2.24) is 20.6 Å². The molecule has 2 heterocycles. The number of H-pyrrole nitrogens is 1. The predicted octanol–water partition coefficient (Wildman–Crippen LogP) is -0.907. The quantitative estimate of drug-likeness (QED) is 0.557. The molecule has 0 spiro atoms. The first-order valence-corrected chi connectivity index (χ1v) is 11.7. The maximum absolute atomic E-state index is 12.3. The molecule has 1 aliphatic heterocycles. The van der Waals surface area contributed by atoms with Crippen molar-refractivity contribution in [3.05, 3.63) is 12.1 Å². The van der Waals surface area contributed by atoms with Crippen molar-refractivity contribution in [2.45, 2.75) is 22.6 Å². The molecule has 13 heteroatoms. The van der Waals surface area contributed by atoms with Crippen LogP contribution in [0.25, 0.3) is 11.4 Å². The SMILES string of the molecule is CS(=O)(=O)c1ccc(N2CCC(CN)CC2)c(-c2nnn[nH]2)c1S(N)(=O)=O. The monoisotopic (exact) mass is 415 g/mol. The molecular weight excluding hydrogens is 394 g/mol. The number of nitrogens with two attached hydrogens (primary N) is 2. The van der Waals surface area contributed by atoms with Gasteiger partial charge in [-0.3, -0.25) is 0 Å². The molecule has 148 valence electrons. The highest BCUT2D eigenvalue weighted by atomic mass is 32.2. The second kappa shape index (κ2) is 7.14. The van der Waals surface area contributed by atoms with Gasteiger partial charge in [-0.2, -0.15) is 0 Å². The molecule has 0 aliphatic carbocycles. The first-order valence-electron chi connectivity index (χ1n) is 8.22. The fourth-order valence-electron chi connectivity index (χ4n) is 3.29. The van der Waals surface area contributed by atoms with Crippen LogP contribution in [0.4, 0.5) is 5.69 Å². The molecule has 5 N–H and O–H groups in total. The van der Waals surface area contributed by atoms with Gasteiger partial charge in [0, 0.05) is 25.0 Å². The van der Waals surface area contributed by atoms with E-state index in [4.69, 9.17) is 10.9 Å². The van der Waals surface area contributed by atoms with Gasteiger partial charge in [0.1, 0.15) is 4.90 Å². The van der Waals surface area contributed by atoms with Crippen LogP contribution in [0.3, 0.4) is 0 Å². The predicted molar refractivity (Wildman–Crippen MR) is 98.1 cm³/mol. The Morgan fingerprint density at radius 3 is 2.37 bits per heavy atom. The lowest BCUT2D eigenvalue weighted by molar-refractivity contribution is 0.414. The van der Waals surface area contributed by atoms with Crippen molar-refractivity contribution in [3.8, 4) is 11.4 Å². The molecule has 0 bridgehead atoms. The summed E-state index contributed by atoms with van der Waals surface area (Å²) >= 11 is 0. The van der Waals surface area contributed by atoms with Crippen LogP contribution in [-0.4, -0.2) is 63.3 Å². The number of benzene rings is 1. The topological polar surface area (TPSA) is 178 Å². The van der Waals surface area contributed by atoms with E-state index in [0.29, 0.717) is 31.2 Å². The number of aromatic nitrogens is 4. The number of piperidine rings is 1. The van der Waals surface area contributed by atoms with Gasteiger partial charge in [0.15, 0.2) is 15.7 Å². The van der Waals surface area contributed by atoms with Gasteiger partial charge in [-0.05, 0) is 47.9 Å².